The summed E-state index contributed by atoms with van der Waals surface area (Å²) >= 11 is 0. The lowest BCUT2D eigenvalue weighted by molar-refractivity contribution is -0.167. The van der Waals surface area contributed by atoms with Crippen molar-refractivity contribution in [1.82, 2.24) is 0 Å². The van der Waals surface area contributed by atoms with Gasteiger partial charge in [0.2, 0.25) is 0 Å². The maximum atomic E-state index is 12.9. The summed E-state index contributed by atoms with van der Waals surface area (Å²) in [6.45, 7) is 6.61. The van der Waals surface area contributed by atoms with Crippen molar-refractivity contribution in [3.63, 3.8) is 0 Å². The molecule has 0 heterocycles. The van der Waals surface area contributed by atoms with Crippen LogP contribution in [0.15, 0.2) is 48.6 Å². The first-order valence-corrected chi connectivity index (χ1v) is 30.1. The van der Waals surface area contributed by atoms with Gasteiger partial charge in [-0.15, -0.1) is 0 Å². The molecule has 0 aliphatic rings. The zero-order chi connectivity index (χ0) is 50.0. The molecule has 0 radical (unpaired) electrons. The molecule has 6 nitrogen and oxygen atoms in total. The fourth-order valence-electron chi connectivity index (χ4n) is 8.74. The summed E-state index contributed by atoms with van der Waals surface area (Å²) in [6.07, 6.45) is 71.1. The highest BCUT2D eigenvalue weighted by molar-refractivity contribution is 5.71. The third kappa shape index (κ3) is 56.2. The molecular weight excluding hydrogens is 853 g/mol. The van der Waals surface area contributed by atoms with E-state index in [1.165, 1.54) is 186 Å². The second-order valence-electron chi connectivity index (χ2n) is 20.3. The standard InChI is InChI=1S/C63H114O6/c1-4-7-10-13-16-19-22-25-27-29-30-31-32-34-36-39-42-45-48-51-54-57-63(66)69-60(58-67-61(64)55-52-49-46-43-40-37-24-21-18-15-12-9-6-3)59-68-62(65)56-53-50-47-44-41-38-35-33-28-26-23-20-17-14-11-8-5-2/h17,20-21,24,26,28,35,38,60H,4-16,18-19,22-23,25,27,29-34,36-37,39-59H2,1-3H3/b20-17-,24-21-,28-26-,38-35-/t60-/m0/s1. The van der Waals surface area contributed by atoms with Crippen LogP contribution < -0.4 is 0 Å². The molecule has 69 heavy (non-hydrogen) atoms. The van der Waals surface area contributed by atoms with Gasteiger partial charge in [-0.05, 0) is 83.5 Å². The molecule has 0 saturated heterocycles. The molecule has 0 rings (SSSR count). The van der Waals surface area contributed by atoms with Gasteiger partial charge in [0.1, 0.15) is 13.2 Å². The highest BCUT2D eigenvalue weighted by atomic mass is 16.6. The molecule has 0 saturated carbocycles. The van der Waals surface area contributed by atoms with Crippen molar-refractivity contribution in [2.45, 2.75) is 322 Å². The van der Waals surface area contributed by atoms with E-state index in [-0.39, 0.29) is 31.1 Å². The maximum Gasteiger partial charge on any atom is 0.306 e. The van der Waals surface area contributed by atoms with Crippen LogP contribution in [0.3, 0.4) is 0 Å². The Morgan fingerprint density at radius 2 is 0.522 bits per heavy atom. The number of unbranched alkanes of at least 4 members (excludes halogenated alkanes) is 36. The Kier molecular flexibility index (Phi) is 55.7. The van der Waals surface area contributed by atoms with Crippen LogP contribution in [0.25, 0.3) is 0 Å². The van der Waals surface area contributed by atoms with E-state index >= 15 is 0 Å². The molecule has 6 heteroatoms. The van der Waals surface area contributed by atoms with Crippen LogP contribution in [0.5, 0.6) is 0 Å². The van der Waals surface area contributed by atoms with Crippen molar-refractivity contribution in [2.24, 2.45) is 0 Å². The summed E-state index contributed by atoms with van der Waals surface area (Å²) in [5.41, 5.74) is 0. The smallest absolute Gasteiger partial charge is 0.306 e. The largest absolute Gasteiger partial charge is 0.462 e. The molecule has 0 bridgehead atoms. The Hall–Kier alpha value is -2.63. The van der Waals surface area contributed by atoms with E-state index in [1.54, 1.807) is 0 Å². The van der Waals surface area contributed by atoms with E-state index in [4.69, 9.17) is 14.2 Å². The van der Waals surface area contributed by atoms with E-state index < -0.39 is 6.10 Å². The second kappa shape index (κ2) is 57.9. The Morgan fingerprint density at radius 3 is 0.870 bits per heavy atom. The quantitative estimate of drug-likeness (QED) is 0.0262. The summed E-state index contributed by atoms with van der Waals surface area (Å²) in [4.78, 5) is 38.2. The van der Waals surface area contributed by atoms with Crippen LogP contribution in [-0.2, 0) is 28.6 Å². The summed E-state index contributed by atoms with van der Waals surface area (Å²) in [7, 11) is 0. The molecule has 0 amide bonds. The van der Waals surface area contributed by atoms with E-state index in [0.29, 0.717) is 19.3 Å². The van der Waals surface area contributed by atoms with Crippen molar-refractivity contribution < 1.29 is 28.6 Å². The third-order valence-corrected chi connectivity index (χ3v) is 13.3. The Labute approximate surface area is 428 Å². The first-order chi connectivity index (χ1) is 34.0. The average Bonchev–Trinajstić information content (AvgIpc) is 3.35. The first kappa shape index (κ1) is 66.4. The number of hydrogen-bond acceptors (Lipinski definition) is 6. The molecule has 0 aliphatic heterocycles. The zero-order valence-electron chi connectivity index (χ0n) is 46.1. The number of hydrogen-bond donors (Lipinski definition) is 0. The Morgan fingerprint density at radius 1 is 0.290 bits per heavy atom. The van der Waals surface area contributed by atoms with Gasteiger partial charge in [-0.25, -0.2) is 0 Å². The van der Waals surface area contributed by atoms with Crippen LogP contribution >= 0.6 is 0 Å². The normalized spacial score (nSPS) is 12.3. The number of carbonyl (C=O) groups excluding carboxylic acids is 3. The topological polar surface area (TPSA) is 78.9 Å². The molecule has 0 spiro atoms. The lowest BCUT2D eigenvalue weighted by Crippen LogP contribution is -2.30. The fraction of sp³-hybridized carbons (Fsp3) is 0.825. The number of allylic oxidation sites excluding steroid dienone is 8. The molecule has 0 aromatic carbocycles. The first-order valence-electron chi connectivity index (χ1n) is 30.1. The average molecular weight is 968 g/mol. The van der Waals surface area contributed by atoms with Crippen LogP contribution in [0.1, 0.15) is 316 Å². The van der Waals surface area contributed by atoms with E-state index in [0.717, 1.165) is 89.9 Å². The van der Waals surface area contributed by atoms with E-state index in [9.17, 15) is 14.4 Å². The number of esters is 3. The summed E-state index contributed by atoms with van der Waals surface area (Å²) in [6, 6.07) is 0. The molecule has 1 atom stereocenters. The van der Waals surface area contributed by atoms with Crippen molar-refractivity contribution in [3.8, 4) is 0 Å². The molecule has 0 aromatic heterocycles. The van der Waals surface area contributed by atoms with Crippen LogP contribution in [0, 0.1) is 0 Å². The van der Waals surface area contributed by atoms with Gasteiger partial charge in [0.15, 0.2) is 6.10 Å². The summed E-state index contributed by atoms with van der Waals surface area (Å²) < 4.78 is 16.9. The molecule has 0 N–H and O–H groups in total. The molecular formula is C63H114O6. The van der Waals surface area contributed by atoms with Gasteiger partial charge in [0.25, 0.3) is 0 Å². The van der Waals surface area contributed by atoms with Gasteiger partial charge in [0, 0.05) is 19.3 Å². The molecule has 0 unspecified atom stereocenters. The lowest BCUT2D eigenvalue weighted by atomic mass is 10.0. The predicted molar refractivity (Wildman–Crippen MR) is 298 cm³/mol. The minimum Gasteiger partial charge on any atom is -0.462 e. The fourth-order valence-corrected chi connectivity index (χ4v) is 8.74. The van der Waals surface area contributed by atoms with Crippen molar-refractivity contribution >= 4 is 17.9 Å². The van der Waals surface area contributed by atoms with Crippen molar-refractivity contribution in [1.29, 1.82) is 0 Å². The van der Waals surface area contributed by atoms with Gasteiger partial charge in [-0.2, -0.15) is 0 Å². The lowest BCUT2D eigenvalue weighted by Gasteiger charge is -2.18. The van der Waals surface area contributed by atoms with Crippen LogP contribution in [0.4, 0.5) is 0 Å². The van der Waals surface area contributed by atoms with Gasteiger partial charge >= 0.3 is 17.9 Å². The Bertz CT molecular complexity index is 1200. The predicted octanol–water partition coefficient (Wildman–Crippen LogP) is 20.2. The Balaban J connectivity index is 4.35. The van der Waals surface area contributed by atoms with Gasteiger partial charge < -0.3 is 14.2 Å². The van der Waals surface area contributed by atoms with E-state index in [1.807, 2.05) is 0 Å². The minimum absolute atomic E-state index is 0.0819. The third-order valence-electron chi connectivity index (χ3n) is 13.3. The second-order valence-corrected chi connectivity index (χ2v) is 20.3. The number of ether oxygens (including phenoxy) is 3. The van der Waals surface area contributed by atoms with Crippen LogP contribution in [-0.4, -0.2) is 37.2 Å². The molecule has 0 aliphatic carbocycles. The molecule has 402 valence electrons. The maximum absolute atomic E-state index is 12.9. The van der Waals surface area contributed by atoms with Gasteiger partial charge in [0.05, 0.1) is 0 Å². The summed E-state index contributed by atoms with van der Waals surface area (Å²) in [5.74, 6) is -0.895. The highest BCUT2D eigenvalue weighted by Crippen LogP contribution is 2.17. The highest BCUT2D eigenvalue weighted by Gasteiger charge is 2.19. The summed E-state index contributed by atoms with van der Waals surface area (Å²) in [5, 5.41) is 0. The number of rotatable bonds is 55. The van der Waals surface area contributed by atoms with Gasteiger partial charge in [-0.3, -0.25) is 14.4 Å². The van der Waals surface area contributed by atoms with E-state index in [2.05, 4.69) is 69.4 Å². The minimum atomic E-state index is -0.784. The SMILES string of the molecule is CCCCC/C=C\C/C=C\C/C=C\CCCCCCC(=O)OC[C@H](COC(=O)CCCCCCC/C=C\CCCCCC)OC(=O)CCCCCCCCCCCCCCCCCCCCCCC. The zero-order valence-corrected chi connectivity index (χ0v) is 46.1. The van der Waals surface area contributed by atoms with Gasteiger partial charge in [-0.1, -0.05) is 262 Å². The monoisotopic (exact) mass is 967 g/mol. The van der Waals surface area contributed by atoms with Crippen molar-refractivity contribution in [3.05, 3.63) is 48.6 Å². The molecule has 0 aromatic rings. The number of carbonyl (C=O) groups is 3. The van der Waals surface area contributed by atoms with Crippen molar-refractivity contribution in [2.75, 3.05) is 13.2 Å². The molecule has 0 fully saturated rings. The van der Waals surface area contributed by atoms with Crippen LogP contribution in [0.2, 0.25) is 0 Å².